The first kappa shape index (κ1) is 11.5. The summed E-state index contributed by atoms with van der Waals surface area (Å²) in [6, 6.07) is 7.79. The van der Waals surface area contributed by atoms with Crippen molar-refractivity contribution in [2.24, 2.45) is 5.73 Å². The van der Waals surface area contributed by atoms with E-state index in [-0.39, 0.29) is 6.10 Å². The van der Waals surface area contributed by atoms with Crippen molar-refractivity contribution in [3.8, 4) is 0 Å². The topological polar surface area (TPSA) is 46.2 Å². The number of hydrogen-bond acceptors (Lipinski definition) is 2. The summed E-state index contributed by atoms with van der Waals surface area (Å²) in [5.74, 6) is 0. The molecule has 1 aromatic rings. The average Bonchev–Trinajstić information content (AvgIpc) is 2.21. The van der Waals surface area contributed by atoms with Crippen LogP contribution in [-0.4, -0.2) is 17.8 Å². The number of aliphatic hydroxyl groups excluding tert-OH is 1. The van der Waals surface area contributed by atoms with E-state index in [1.165, 1.54) is 5.56 Å². The van der Waals surface area contributed by atoms with Crippen LogP contribution in [0.15, 0.2) is 24.3 Å². The largest absolute Gasteiger partial charge is 0.392 e. The predicted molar refractivity (Wildman–Crippen MR) is 59.5 cm³/mol. The minimum atomic E-state index is -0.359. The average molecular weight is 214 g/mol. The van der Waals surface area contributed by atoms with Crippen molar-refractivity contribution < 1.29 is 5.11 Å². The summed E-state index contributed by atoms with van der Waals surface area (Å²) >= 11 is 5.76. The van der Waals surface area contributed by atoms with E-state index in [4.69, 9.17) is 17.3 Å². The minimum Gasteiger partial charge on any atom is -0.392 e. The Kier molecular flexibility index (Phi) is 4.94. The number of rotatable bonds is 5. The number of hydrogen-bond donors (Lipinski definition) is 2. The fourth-order valence-electron chi connectivity index (χ4n) is 1.31. The first-order valence-electron chi connectivity index (χ1n) is 4.85. The molecular formula is C11H16ClNO. The molecule has 0 bridgehead atoms. The van der Waals surface area contributed by atoms with Gasteiger partial charge in [-0.25, -0.2) is 0 Å². The van der Waals surface area contributed by atoms with Gasteiger partial charge in [0.2, 0.25) is 0 Å². The molecule has 0 saturated carbocycles. The number of halogens is 1. The summed E-state index contributed by atoms with van der Waals surface area (Å²) in [7, 11) is 0. The molecule has 1 rings (SSSR count). The van der Waals surface area contributed by atoms with Gasteiger partial charge in [-0.1, -0.05) is 23.7 Å². The molecule has 0 aromatic heterocycles. The minimum absolute atomic E-state index is 0.348. The zero-order chi connectivity index (χ0) is 10.4. The summed E-state index contributed by atoms with van der Waals surface area (Å²) < 4.78 is 0. The lowest BCUT2D eigenvalue weighted by Gasteiger charge is -2.06. The molecule has 0 fully saturated rings. The van der Waals surface area contributed by atoms with E-state index >= 15 is 0 Å². The first-order valence-corrected chi connectivity index (χ1v) is 5.22. The van der Waals surface area contributed by atoms with E-state index in [0.717, 1.165) is 24.3 Å². The maximum atomic E-state index is 9.23. The molecule has 0 aliphatic rings. The highest BCUT2D eigenvalue weighted by Crippen LogP contribution is 2.12. The molecule has 1 aromatic carbocycles. The maximum Gasteiger partial charge on any atom is 0.0662 e. The third-order valence-electron chi connectivity index (χ3n) is 2.19. The Balaban J connectivity index is 2.28. The summed E-state index contributed by atoms with van der Waals surface area (Å²) in [5, 5.41) is 9.99. The van der Waals surface area contributed by atoms with Crippen molar-refractivity contribution in [2.75, 3.05) is 6.54 Å². The second kappa shape index (κ2) is 6.02. The standard InChI is InChI=1S/C11H16ClNO/c12-10-6-4-9(5-7-10)2-1-3-11(14)8-13/h4-7,11,14H,1-3,8,13H2. The lowest BCUT2D eigenvalue weighted by atomic mass is 10.1. The van der Waals surface area contributed by atoms with E-state index in [1.807, 2.05) is 24.3 Å². The van der Waals surface area contributed by atoms with Gasteiger partial charge in [0.15, 0.2) is 0 Å². The molecule has 3 N–H and O–H groups in total. The Hall–Kier alpha value is -0.570. The molecule has 0 heterocycles. The lowest BCUT2D eigenvalue weighted by Crippen LogP contribution is -2.19. The molecule has 0 aliphatic heterocycles. The van der Waals surface area contributed by atoms with Crippen LogP contribution in [-0.2, 0) is 6.42 Å². The van der Waals surface area contributed by atoms with Gasteiger partial charge < -0.3 is 10.8 Å². The van der Waals surface area contributed by atoms with Gasteiger partial charge in [0.1, 0.15) is 0 Å². The van der Waals surface area contributed by atoms with Crippen LogP contribution in [0.5, 0.6) is 0 Å². The van der Waals surface area contributed by atoms with Crippen molar-refractivity contribution in [2.45, 2.75) is 25.4 Å². The van der Waals surface area contributed by atoms with E-state index in [2.05, 4.69) is 0 Å². The predicted octanol–water partition coefficient (Wildman–Crippen LogP) is 1.98. The zero-order valence-corrected chi connectivity index (χ0v) is 8.87. The van der Waals surface area contributed by atoms with Crippen LogP contribution in [0.3, 0.4) is 0 Å². The number of aliphatic hydroxyl groups is 1. The quantitative estimate of drug-likeness (QED) is 0.786. The summed E-state index contributed by atoms with van der Waals surface area (Å²) in [6.07, 6.45) is 2.33. The van der Waals surface area contributed by atoms with Crippen LogP contribution in [0, 0.1) is 0 Å². The van der Waals surface area contributed by atoms with Crippen LogP contribution in [0.1, 0.15) is 18.4 Å². The van der Waals surface area contributed by atoms with E-state index in [1.54, 1.807) is 0 Å². The zero-order valence-electron chi connectivity index (χ0n) is 8.12. The third kappa shape index (κ3) is 4.09. The van der Waals surface area contributed by atoms with Crippen LogP contribution in [0.2, 0.25) is 5.02 Å². The van der Waals surface area contributed by atoms with Gasteiger partial charge in [0.25, 0.3) is 0 Å². The van der Waals surface area contributed by atoms with Crippen LogP contribution < -0.4 is 5.73 Å². The molecular weight excluding hydrogens is 198 g/mol. The molecule has 0 amide bonds. The summed E-state index contributed by atoms with van der Waals surface area (Å²) in [4.78, 5) is 0. The van der Waals surface area contributed by atoms with Crippen molar-refractivity contribution in [1.29, 1.82) is 0 Å². The molecule has 0 aliphatic carbocycles. The van der Waals surface area contributed by atoms with Crippen LogP contribution in [0.4, 0.5) is 0 Å². The smallest absolute Gasteiger partial charge is 0.0662 e. The number of nitrogens with two attached hydrogens (primary N) is 1. The SMILES string of the molecule is NCC(O)CCCc1ccc(Cl)cc1. The molecule has 0 radical (unpaired) electrons. The number of benzene rings is 1. The molecule has 2 nitrogen and oxygen atoms in total. The van der Waals surface area contributed by atoms with Gasteiger partial charge in [-0.15, -0.1) is 0 Å². The molecule has 1 atom stereocenters. The Morgan fingerprint density at radius 3 is 2.50 bits per heavy atom. The van der Waals surface area contributed by atoms with Crippen molar-refractivity contribution >= 4 is 11.6 Å². The Bertz CT molecular complexity index is 260. The molecule has 78 valence electrons. The molecule has 14 heavy (non-hydrogen) atoms. The van der Waals surface area contributed by atoms with E-state index in [0.29, 0.717) is 6.54 Å². The van der Waals surface area contributed by atoms with Gasteiger partial charge in [-0.05, 0) is 37.0 Å². The van der Waals surface area contributed by atoms with Crippen LogP contribution in [0.25, 0.3) is 0 Å². The van der Waals surface area contributed by atoms with Gasteiger partial charge in [-0.3, -0.25) is 0 Å². The van der Waals surface area contributed by atoms with Gasteiger partial charge in [-0.2, -0.15) is 0 Å². The Morgan fingerprint density at radius 2 is 1.93 bits per heavy atom. The highest BCUT2D eigenvalue weighted by Gasteiger charge is 2.00. The van der Waals surface area contributed by atoms with Gasteiger partial charge in [0.05, 0.1) is 6.10 Å². The lowest BCUT2D eigenvalue weighted by molar-refractivity contribution is 0.170. The highest BCUT2D eigenvalue weighted by molar-refractivity contribution is 6.30. The Morgan fingerprint density at radius 1 is 1.29 bits per heavy atom. The summed E-state index contributed by atoms with van der Waals surface area (Å²) in [5.41, 5.74) is 6.55. The van der Waals surface area contributed by atoms with Gasteiger partial charge in [0, 0.05) is 11.6 Å². The van der Waals surface area contributed by atoms with Crippen molar-refractivity contribution in [3.63, 3.8) is 0 Å². The Labute approximate surface area is 89.7 Å². The normalized spacial score (nSPS) is 12.8. The monoisotopic (exact) mass is 213 g/mol. The van der Waals surface area contributed by atoms with Crippen molar-refractivity contribution in [1.82, 2.24) is 0 Å². The van der Waals surface area contributed by atoms with E-state index in [9.17, 15) is 5.11 Å². The first-order chi connectivity index (χ1) is 6.72. The molecule has 1 unspecified atom stereocenters. The second-order valence-corrected chi connectivity index (χ2v) is 3.84. The van der Waals surface area contributed by atoms with Gasteiger partial charge >= 0.3 is 0 Å². The maximum absolute atomic E-state index is 9.23. The second-order valence-electron chi connectivity index (χ2n) is 3.41. The summed E-state index contributed by atoms with van der Waals surface area (Å²) in [6.45, 7) is 0.348. The van der Waals surface area contributed by atoms with Crippen LogP contribution >= 0.6 is 11.6 Å². The molecule has 3 heteroatoms. The third-order valence-corrected chi connectivity index (χ3v) is 2.44. The molecule has 0 saturated heterocycles. The fraction of sp³-hybridized carbons (Fsp3) is 0.455. The number of aryl methyl sites for hydroxylation is 1. The van der Waals surface area contributed by atoms with Crippen molar-refractivity contribution in [3.05, 3.63) is 34.9 Å². The highest BCUT2D eigenvalue weighted by atomic mass is 35.5. The van der Waals surface area contributed by atoms with E-state index < -0.39 is 0 Å². The molecule has 0 spiro atoms. The fourth-order valence-corrected chi connectivity index (χ4v) is 1.44.